The molecule has 1 aliphatic rings. The molecule has 0 saturated carbocycles. The molecule has 2 heterocycles. The number of carbonyl (C=O) groups is 1. The number of aromatic amines is 1. The van der Waals surface area contributed by atoms with Gasteiger partial charge in [0, 0.05) is 39.3 Å². The van der Waals surface area contributed by atoms with Crippen LogP contribution in [0.3, 0.4) is 0 Å². The minimum absolute atomic E-state index is 0.198. The van der Waals surface area contributed by atoms with Gasteiger partial charge in [-0.2, -0.15) is 0 Å². The van der Waals surface area contributed by atoms with Crippen LogP contribution in [-0.2, 0) is 4.79 Å². The minimum atomic E-state index is -0.235. The number of anilines is 1. The van der Waals surface area contributed by atoms with Gasteiger partial charge in [0.2, 0.25) is 11.9 Å². The third-order valence-corrected chi connectivity index (χ3v) is 6.00. The van der Waals surface area contributed by atoms with E-state index in [0.717, 1.165) is 68.2 Å². The topological polar surface area (TPSA) is 55.5 Å². The second-order valence-corrected chi connectivity index (χ2v) is 7.78. The molecule has 1 atom stereocenters. The number of nitrogens with one attached hydrogen (secondary N) is 1. The summed E-state index contributed by atoms with van der Waals surface area (Å²) in [5.41, 5.74) is 3.13. The fraction of sp³-hybridized carbons (Fsp3) is 0.417. The number of likely N-dealkylation sites (N-methyl/N-ethyl adjacent to an activating group) is 1. The molecule has 6 heteroatoms. The first-order valence-corrected chi connectivity index (χ1v) is 11.0. The predicted octanol–water partition coefficient (Wildman–Crippen LogP) is 3.68. The molecular weight excluding hydrogens is 374 g/mol. The Kier molecular flexibility index (Phi) is 6.33. The molecule has 1 N–H and O–H groups in total. The predicted molar refractivity (Wildman–Crippen MR) is 122 cm³/mol. The Morgan fingerprint density at radius 1 is 1.00 bits per heavy atom. The normalized spacial score (nSPS) is 16.4. The lowest BCUT2D eigenvalue weighted by molar-refractivity contribution is -0.137. The summed E-state index contributed by atoms with van der Waals surface area (Å²) in [6.45, 7) is 9.05. The molecule has 6 nitrogen and oxygen atoms in total. The van der Waals surface area contributed by atoms with E-state index in [-0.39, 0.29) is 11.9 Å². The molecule has 1 amide bonds. The van der Waals surface area contributed by atoms with E-state index in [0.29, 0.717) is 0 Å². The highest BCUT2D eigenvalue weighted by Crippen LogP contribution is 2.26. The Morgan fingerprint density at radius 3 is 2.47 bits per heavy atom. The maximum Gasteiger partial charge on any atom is 0.244 e. The molecule has 0 bridgehead atoms. The van der Waals surface area contributed by atoms with Crippen LogP contribution in [-0.4, -0.2) is 64.9 Å². The summed E-state index contributed by atoms with van der Waals surface area (Å²) in [4.78, 5) is 28.3. The van der Waals surface area contributed by atoms with Gasteiger partial charge in [0.25, 0.3) is 0 Å². The number of rotatable bonds is 6. The van der Waals surface area contributed by atoms with E-state index in [1.54, 1.807) is 0 Å². The van der Waals surface area contributed by atoms with Gasteiger partial charge in [0.15, 0.2) is 0 Å². The third-order valence-electron chi connectivity index (χ3n) is 6.00. The van der Waals surface area contributed by atoms with Crippen LogP contribution in [0.1, 0.15) is 31.9 Å². The van der Waals surface area contributed by atoms with Gasteiger partial charge in [-0.15, -0.1) is 0 Å². The average Bonchev–Trinajstić information content (AvgIpc) is 3.07. The first kappa shape index (κ1) is 20.4. The first-order valence-electron chi connectivity index (χ1n) is 11.0. The number of imidazole rings is 1. The van der Waals surface area contributed by atoms with E-state index in [2.05, 4.69) is 46.8 Å². The Balaban J connectivity index is 1.56. The van der Waals surface area contributed by atoms with E-state index < -0.39 is 0 Å². The van der Waals surface area contributed by atoms with Crippen LogP contribution in [0.25, 0.3) is 11.0 Å². The van der Waals surface area contributed by atoms with Crippen molar-refractivity contribution in [3.63, 3.8) is 0 Å². The molecule has 2 aromatic carbocycles. The monoisotopic (exact) mass is 405 g/mol. The Morgan fingerprint density at radius 2 is 1.73 bits per heavy atom. The van der Waals surface area contributed by atoms with E-state index in [9.17, 15) is 4.79 Å². The molecule has 158 valence electrons. The molecule has 0 aliphatic carbocycles. The zero-order valence-electron chi connectivity index (χ0n) is 17.9. The number of nitrogens with zero attached hydrogens (tertiary/aromatic N) is 4. The van der Waals surface area contributed by atoms with Gasteiger partial charge in [-0.05, 0) is 38.0 Å². The lowest BCUT2D eigenvalue weighted by atomic mass is 10.0. The van der Waals surface area contributed by atoms with Crippen molar-refractivity contribution in [2.45, 2.75) is 26.3 Å². The SMILES string of the molecule is CCN(CC)C(=O)C(c1ccccc1)N1CCCN(c2nc3ccccc3[nH]2)CC1. The summed E-state index contributed by atoms with van der Waals surface area (Å²) < 4.78 is 0. The third kappa shape index (κ3) is 4.19. The molecular formula is C24H31N5O. The van der Waals surface area contributed by atoms with Crippen molar-refractivity contribution in [2.24, 2.45) is 0 Å². The maximum atomic E-state index is 13.4. The van der Waals surface area contributed by atoms with E-state index >= 15 is 0 Å². The highest BCUT2D eigenvalue weighted by atomic mass is 16.2. The molecule has 1 saturated heterocycles. The minimum Gasteiger partial charge on any atom is -0.342 e. The van der Waals surface area contributed by atoms with Crippen LogP contribution in [0, 0.1) is 0 Å². The number of hydrogen-bond donors (Lipinski definition) is 1. The number of carbonyl (C=O) groups excluding carboxylic acids is 1. The fourth-order valence-electron chi connectivity index (χ4n) is 4.35. The van der Waals surface area contributed by atoms with Gasteiger partial charge in [0.1, 0.15) is 6.04 Å². The number of amides is 1. The van der Waals surface area contributed by atoms with Crippen molar-refractivity contribution in [2.75, 3.05) is 44.2 Å². The number of H-pyrrole nitrogens is 1. The van der Waals surface area contributed by atoms with Gasteiger partial charge >= 0.3 is 0 Å². The molecule has 1 aromatic heterocycles. The van der Waals surface area contributed by atoms with Gasteiger partial charge in [-0.25, -0.2) is 4.98 Å². The highest BCUT2D eigenvalue weighted by Gasteiger charge is 2.31. The molecule has 0 radical (unpaired) electrons. The van der Waals surface area contributed by atoms with Crippen molar-refractivity contribution >= 4 is 22.9 Å². The number of hydrogen-bond acceptors (Lipinski definition) is 4. The lowest BCUT2D eigenvalue weighted by Gasteiger charge is -2.33. The summed E-state index contributed by atoms with van der Waals surface area (Å²) >= 11 is 0. The maximum absolute atomic E-state index is 13.4. The van der Waals surface area contributed by atoms with Crippen molar-refractivity contribution in [1.82, 2.24) is 19.8 Å². The van der Waals surface area contributed by atoms with Crippen LogP contribution < -0.4 is 4.90 Å². The molecule has 1 aliphatic heterocycles. The van der Waals surface area contributed by atoms with Crippen molar-refractivity contribution in [3.8, 4) is 0 Å². The molecule has 1 fully saturated rings. The molecule has 4 rings (SSSR count). The Bertz CT molecular complexity index is 933. The van der Waals surface area contributed by atoms with Crippen LogP contribution in [0.4, 0.5) is 5.95 Å². The van der Waals surface area contributed by atoms with E-state index in [1.165, 1.54) is 0 Å². The quantitative estimate of drug-likeness (QED) is 0.680. The van der Waals surface area contributed by atoms with Crippen LogP contribution in [0.15, 0.2) is 54.6 Å². The first-order chi connectivity index (χ1) is 14.7. The van der Waals surface area contributed by atoms with Gasteiger partial charge < -0.3 is 14.8 Å². The lowest BCUT2D eigenvalue weighted by Crippen LogP contribution is -2.44. The van der Waals surface area contributed by atoms with E-state index in [4.69, 9.17) is 4.98 Å². The van der Waals surface area contributed by atoms with Crippen LogP contribution in [0.2, 0.25) is 0 Å². The largest absolute Gasteiger partial charge is 0.342 e. The zero-order chi connectivity index (χ0) is 20.9. The summed E-state index contributed by atoms with van der Waals surface area (Å²) in [6.07, 6.45) is 0.992. The Labute approximate surface area is 178 Å². The second-order valence-electron chi connectivity index (χ2n) is 7.78. The number of benzene rings is 2. The fourth-order valence-corrected chi connectivity index (χ4v) is 4.35. The highest BCUT2D eigenvalue weighted by molar-refractivity contribution is 5.83. The summed E-state index contributed by atoms with van der Waals surface area (Å²) in [5.74, 6) is 1.12. The standard InChI is InChI=1S/C24H31N5O/c1-3-27(4-2)23(30)22(19-11-6-5-7-12-19)28-15-10-16-29(18-17-28)24-25-20-13-8-9-14-21(20)26-24/h5-9,11-14,22H,3-4,10,15-18H2,1-2H3,(H,25,26). The van der Waals surface area contributed by atoms with Crippen molar-refractivity contribution < 1.29 is 4.79 Å². The second kappa shape index (κ2) is 9.30. The van der Waals surface area contributed by atoms with Crippen molar-refractivity contribution in [3.05, 3.63) is 60.2 Å². The molecule has 1 unspecified atom stereocenters. The number of fused-ring (bicyclic) bond motifs is 1. The Hall–Kier alpha value is -2.86. The average molecular weight is 406 g/mol. The molecule has 3 aromatic rings. The van der Waals surface area contributed by atoms with Crippen LogP contribution >= 0.6 is 0 Å². The van der Waals surface area contributed by atoms with Crippen LogP contribution in [0.5, 0.6) is 0 Å². The summed E-state index contributed by atoms with van der Waals surface area (Å²) in [5, 5.41) is 0. The smallest absolute Gasteiger partial charge is 0.244 e. The summed E-state index contributed by atoms with van der Waals surface area (Å²) in [6, 6.07) is 18.1. The summed E-state index contributed by atoms with van der Waals surface area (Å²) in [7, 11) is 0. The van der Waals surface area contributed by atoms with Gasteiger partial charge in [0.05, 0.1) is 11.0 Å². The molecule has 0 spiro atoms. The molecule has 30 heavy (non-hydrogen) atoms. The van der Waals surface area contributed by atoms with Gasteiger partial charge in [-0.1, -0.05) is 42.5 Å². The zero-order valence-corrected chi connectivity index (χ0v) is 17.9. The van der Waals surface area contributed by atoms with Gasteiger partial charge in [-0.3, -0.25) is 9.69 Å². The van der Waals surface area contributed by atoms with Crippen molar-refractivity contribution in [1.29, 1.82) is 0 Å². The van der Waals surface area contributed by atoms with E-state index in [1.807, 2.05) is 41.3 Å². The number of para-hydroxylation sites is 2. The number of aromatic nitrogens is 2.